The number of Topliss-reactive ketones (excluding diaryl/α,β-unsaturated/α-hetero) is 2. The number of ketones is 2. The van der Waals surface area contributed by atoms with Crippen LogP contribution in [-0.2, 0) is 9.59 Å². The molecule has 1 rings (SSSR count). The predicted octanol–water partition coefficient (Wildman–Crippen LogP) is 3.86. The van der Waals surface area contributed by atoms with Crippen molar-refractivity contribution in [2.45, 2.75) is 54.4 Å². The molecule has 0 fully saturated rings. The van der Waals surface area contributed by atoms with Gasteiger partial charge in [-0.25, -0.2) is 0 Å². The van der Waals surface area contributed by atoms with Crippen LogP contribution in [0.25, 0.3) is 0 Å². The third kappa shape index (κ3) is 2.33. The molecule has 18 heavy (non-hydrogen) atoms. The minimum Gasteiger partial charge on any atom is -0.285 e. The van der Waals surface area contributed by atoms with E-state index >= 15 is 0 Å². The van der Waals surface area contributed by atoms with Crippen molar-refractivity contribution >= 4 is 11.6 Å². The van der Waals surface area contributed by atoms with Gasteiger partial charge in [0.2, 0.25) is 11.6 Å². The van der Waals surface area contributed by atoms with Gasteiger partial charge in [-0.1, -0.05) is 41.5 Å². The molecule has 0 bridgehead atoms. The van der Waals surface area contributed by atoms with Gasteiger partial charge in [-0.2, -0.15) is 0 Å². The fraction of sp³-hybridized carbons (Fsp3) is 0.625. The Labute approximate surface area is 110 Å². The van der Waals surface area contributed by atoms with Crippen molar-refractivity contribution in [1.82, 2.24) is 0 Å². The van der Waals surface area contributed by atoms with Crippen LogP contribution in [0.4, 0.5) is 0 Å². The van der Waals surface area contributed by atoms with Crippen LogP contribution >= 0.6 is 0 Å². The molecule has 0 unspecified atom stereocenters. The molecule has 0 radical (unpaired) electrons. The molecule has 0 saturated heterocycles. The van der Waals surface area contributed by atoms with Gasteiger partial charge in [-0.15, -0.1) is 0 Å². The SMILES string of the molecule is CCC1=C(CC)C(C(C)C)=C(C(C)C)C(=O)C1=O. The molecule has 0 saturated carbocycles. The molecule has 0 aliphatic heterocycles. The fourth-order valence-electron chi connectivity index (χ4n) is 2.85. The van der Waals surface area contributed by atoms with Crippen LogP contribution in [-0.4, -0.2) is 11.6 Å². The van der Waals surface area contributed by atoms with Crippen LogP contribution in [0.1, 0.15) is 54.4 Å². The first-order valence-corrected chi connectivity index (χ1v) is 6.92. The molecule has 0 aromatic rings. The Morgan fingerprint density at radius 1 is 0.722 bits per heavy atom. The van der Waals surface area contributed by atoms with Crippen LogP contribution in [0.5, 0.6) is 0 Å². The normalized spacial score (nSPS) is 17.6. The molecular weight excluding hydrogens is 224 g/mol. The van der Waals surface area contributed by atoms with Crippen molar-refractivity contribution in [3.63, 3.8) is 0 Å². The van der Waals surface area contributed by atoms with E-state index in [1.807, 2.05) is 20.8 Å². The number of carbonyl (C=O) groups is 2. The van der Waals surface area contributed by atoms with E-state index in [9.17, 15) is 9.59 Å². The summed E-state index contributed by atoms with van der Waals surface area (Å²) >= 11 is 0. The van der Waals surface area contributed by atoms with Crippen LogP contribution < -0.4 is 0 Å². The van der Waals surface area contributed by atoms with E-state index < -0.39 is 0 Å². The molecule has 100 valence electrons. The Bertz CT molecular complexity index is 434. The van der Waals surface area contributed by atoms with Crippen molar-refractivity contribution in [2.24, 2.45) is 11.8 Å². The van der Waals surface area contributed by atoms with Gasteiger partial charge in [0.15, 0.2) is 0 Å². The smallest absolute Gasteiger partial charge is 0.229 e. The van der Waals surface area contributed by atoms with Crippen LogP contribution in [0.3, 0.4) is 0 Å². The Balaban J connectivity index is 3.61. The number of hydrogen-bond acceptors (Lipinski definition) is 2. The van der Waals surface area contributed by atoms with Gasteiger partial charge in [0.1, 0.15) is 0 Å². The van der Waals surface area contributed by atoms with E-state index in [1.54, 1.807) is 0 Å². The van der Waals surface area contributed by atoms with E-state index in [2.05, 4.69) is 20.8 Å². The first-order valence-electron chi connectivity index (χ1n) is 6.92. The zero-order valence-electron chi connectivity index (χ0n) is 12.4. The fourth-order valence-corrected chi connectivity index (χ4v) is 2.85. The highest BCUT2D eigenvalue weighted by molar-refractivity contribution is 6.50. The summed E-state index contributed by atoms with van der Waals surface area (Å²) in [6, 6.07) is 0. The lowest BCUT2D eigenvalue weighted by molar-refractivity contribution is -0.132. The maximum Gasteiger partial charge on any atom is 0.229 e. The summed E-state index contributed by atoms with van der Waals surface area (Å²) in [5, 5.41) is 0. The molecule has 0 amide bonds. The molecule has 2 heteroatoms. The second-order valence-electron chi connectivity index (χ2n) is 5.46. The lowest BCUT2D eigenvalue weighted by Crippen LogP contribution is -2.29. The summed E-state index contributed by atoms with van der Waals surface area (Å²) in [7, 11) is 0. The molecule has 1 aliphatic carbocycles. The van der Waals surface area contributed by atoms with Gasteiger partial charge in [-0.3, -0.25) is 9.59 Å². The summed E-state index contributed by atoms with van der Waals surface area (Å²) < 4.78 is 0. The predicted molar refractivity (Wildman–Crippen MR) is 74.3 cm³/mol. The standard InChI is InChI=1S/C16H24O2/c1-7-11-12(8-2)15(17)16(18)14(10(5)6)13(11)9(3)4/h9-10H,7-8H2,1-6H3. The maximum atomic E-state index is 12.3. The van der Waals surface area contributed by atoms with Crippen LogP contribution in [0.2, 0.25) is 0 Å². The number of hydrogen-bond donors (Lipinski definition) is 0. The quantitative estimate of drug-likeness (QED) is 0.559. The topological polar surface area (TPSA) is 34.1 Å². The number of rotatable bonds is 4. The lowest BCUT2D eigenvalue weighted by Gasteiger charge is -2.28. The second-order valence-corrected chi connectivity index (χ2v) is 5.46. The average molecular weight is 248 g/mol. The molecule has 0 atom stereocenters. The summed E-state index contributed by atoms with van der Waals surface area (Å²) in [5.41, 5.74) is 3.70. The Hall–Kier alpha value is -1.18. The van der Waals surface area contributed by atoms with Gasteiger partial charge in [0, 0.05) is 11.1 Å². The lowest BCUT2D eigenvalue weighted by atomic mass is 9.74. The molecule has 0 aromatic heterocycles. The first kappa shape index (κ1) is 14.9. The van der Waals surface area contributed by atoms with Crippen molar-refractivity contribution < 1.29 is 9.59 Å². The Kier molecular flexibility index (Phi) is 4.66. The number of allylic oxidation sites excluding steroid dienone is 4. The zero-order valence-corrected chi connectivity index (χ0v) is 12.4. The van der Waals surface area contributed by atoms with Gasteiger partial charge in [0.25, 0.3) is 0 Å². The molecule has 2 nitrogen and oxygen atoms in total. The second kappa shape index (κ2) is 5.64. The monoisotopic (exact) mass is 248 g/mol. The number of carbonyl (C=O) groups excluding carboxylic acids is 2. The Morgan fingerprint density at radius 3 is 1.50 bits per heavy atom. The molecule has 1 aliphatic rings. The van der Waals surface area contributed by atoms with Crippen molar-refractivity contribution in [3.05, 3.63) is 22.3 Å². The van der Waals surface area contributed by atoms with Crippen LogP contribution in [0.15, 0.2) is 22.3 Å². The maximum absolute atomic E-state index is 12.3. The minimum absolute atomic E-state index is 0.110. The third-order valence-electron chi connectivity index (χ3n) is 3.57. The van der Waals surface area contributed by atoms with Crippen molar-refractivity contribution in [2.75, 3.05) is 0 Å². The third-order valence-corrected chi connectivity index (χ3v) is 3.57. The highest BCUT2D eigenvalue weighted by atomic mass is 16.2. The largest absolute Gasteiger partial charge is 0.285 e. The highest BCUT2D eigenvalue weighted by Crippen LogP contribution is 2.37. The molecule has 0 heterocycles. The highest BCUT2D eigenvalue weighted by Gasteiger charge is 2.34. The van der Waals surface area contributed by atoms with E-state index in [1.165, 1.54) is 0 Å². The van der Waals surface area contributed by atoms with E-state index in [0.29, 0.717) is 6.42 Å². The van der Waals surface area contributed by atoms with Crippen molar-refractivity contribution in [1.29, 1.82) is 0 Å². The first-order chi connectivity index (χ1) is 8.36. The van der Waals surface area contributed by atoms with Crippen LogP contribution in [0, 0.1) is 11.8 Å². The van der Waals surface area contributed by atoms with Gasteiger partial charge in [-0.05, 0) is 35.8 Å². The molecular formula is C16H24O2. The van der Waals surface area contributed by atoms with Gasteiger partial charge < -0.3 is 0 Å². The van der Waals surface area contributed by atoms with Gasteiger partial charge >= 0.3 is 0 Å². The van der Waals surface area contributed by atoms with E-state index in [0.717, 1.165) is 28.7 Å². The van der Waals surface area contributed by atoms with Crippen molar-refractivity contribution in [3.8, 4) is 0 Å². The zero-order chi connectivity index (χ0) is 14.0. The van der Waals surface area contributed by atoms with E-state index in [4.69, 9.17) is 0 Å². The Morgan fingerprint density at radius 2 is 1.17 bits per heavy atom. The summed E-state index contributed by atoms with van der Waals surface area (Å²) in [4.78, 5) is 24.4. The average Bonchev–Trinajstić information content (AvgIpc) is 2.30. The summed E-state index contributed by atoms with van der Waals surface area (Å²) in [6.07, 6.45) is 1.47. The molecule has 0 aromatic carbocycles. The summed E-state index contributed by atoms with van der Waals surface area (Å²) in [5.74, 6) is -0.153. The van der Waals surface area contributed by atoms with E-state index in [-0.39, 0.29) is 23.4 Å². The molecule has 0 N–H and O–H groups in total. The summed E-state index contributed by atoms with van der Waals surface area (Å²) in [6.45, 7) is 12.2. The minimum atomic E-state index is -0.276. The molecule has 0 spiro atoms. The van der Waals surface area contributed by atoms with Gasteiger partial charge in [0.05, 0.1) is 0 Å².